The van der Waals surface area contributed by atoms with Gasteiger partial charge < -0.3 is 23.7 Å². The van der Waals surface area contributed by atoms with Crippen LogP contribution in [0.4, 0.5) is 16.3 Å². The van der Waals surface area contributed by atoms with Crippen molar-refractivity contribution in [2.24, 2.45) is 0 Å². The van der Waals surface area contributed by atoms with E-state index in [1.807, 2.05) is 6.07 Å². The van der Waals surface area contributed by atoms with Crippen molar-refractivity contribution in [2.45, 2.75) is 32.7 Å². The van der Waals surface area contributed by atoms with Crippen LogP contribution in [0.1, 0.15) is 30.9 Å². The van der Waals surface area contributed by atoms with E-state index in [4.69, 9.17) is 30.0 Å². The molecule has 3 aromatic heterocycles. The normalized spacial score (nSPS) is 13.7. The Morgan fingerprint density at radius 3 is 2.67 bits per heavy atom. The first kappa shape index (κ1) is 27.5. The van der Waals surface area contributed by atoms with Gasteiger partial charge in [0.1, 0.15) is 23.0 Å². The lowest BCUT2D eigenvalue weighted by Gasteiger charge is -2.24. The molecular formula is C29H28ClN7O5. The standard InChI is InChI=1S/C29H28ClN7O5/c1-17-12-26(36-42-17)33-29(38)32-22-7-6-18(13-21(22)30)40-24-8-9-31-23-15-25(39-2)20(14-19(23)24)28-35-34-27(41-28)16-37-10-4-3-5-11-37/h6-9,12-15H,3-5,10-11,16H2,1-2H3,(H2,32,33,36,38). The van der Waals surface area contributed by atoms with Gasteiger partial charge in [0.15, 0.2) is 5.82 Å². The first-order valence-corrected chi connectivity index (χ1v) is 13.8. The third-order valence-corrected chi connectivity index (χ3v) is 7.13. The topological polar surface area (TPSA) is 141 Å². The lowest BCUT2D eigenvalue weighted by molar-refractivity contribution is 0.202. The number of nitrogens with one attached hydrogen (secondary N) is 2. The van der Waals surface area contributed by atoms with Gasteiger partial charge >= 0.3 is 6.03 Å². The Morgan fingerprint density at radius 2 is 1.90 bits per heavy atom. The largest absolute Gasteiger partial charge is 0.496 e. The fourth-order valence-corrected chi connectivity index (χ4v) is 5.01. The number of hydrogen-bond donors (Lipinski definition) is 2. The zero-order chi connectivity index (χ0) is 29.1. The number of benzene rings is 2. The number of anilines is 2. The second kappa shape index (κ2) is 12.0. The van der Waals surface area contributed by atoms with Gasteiger partial charge in [0.2, 0.25) is 5.89 Å². The Balaban J connectivity index is 1.22. The second-order valence-corrected chi connectivity index (χ2v) is 10.3. The molecule has 0 radical (unpaired) electrons. The van der Waals surface area contributed by atoms with Gasteiger partial charge in [0.05, 0.1) is 35.4 Å². The molecule has 2 aromatic carbocycles. The van der Waals surface area contributed by atoms with Crippen LogP contribution in [0.2, 0.25) is 5.02 Å². The summed E-state index contributed by atoms with van der Waals surface area (Å²) >= 11 is 6.47. The average Bonchev–Trinajstić information content (AvgIpc) is 3.63. The van der Waals surface area contributed by atoms with E-state index in [9.17, 15) is 4.79 Å². The molecule has 1 aliphatic heterocycles. The van der Waals surface area contributed by atoms with E-state index in [-0.39, 0.29) is 5.02 Å². The van der Waals surface area contributed by atoms with Crippen LogP contribution in [-0.2, 0) is 6.54 Å². The van der Waals surface area contributed by atoms with Crippen LogP contribution >= 0.6 is 11.6 Å². The summed E-state index contributed by atoms with van der Waals surface area (Å²) < 4.78 is 22.9. The summed E-state index contributed by atoms with van der Waals surface area (Å²) in [7, 11) is 1.58. The first-order valence-electron chi connectivity index (χ1n) is 13.5. The molecule has 12 nitrogen and oxygen atoms in total. The Bertz CT molecular complexity index is 1730. The molecule has 0 spiro atoms. The zero-order valence-electron chi connectivity index (χ0n) is 23.0. The minimum Gasteiger partial charge on any atom is -0.496 e. The number of ether oxygens (including phenoxy) is 2. The van der Waals surface area contributed by atoms with Gasteiger partial charge in [0.25, 0.3) is 5.89 Å². The number of urea groups is 1. The summed E-state index contributed by atoms with van der Waals surface area (Å²) in [5.74, 6) is 3.34. The van der Waals surface area contributed by atoms with Crippen molar-refractivity contribution in [3.05, 3.63) is 65.3 Å². The molecular weight excluding hydrogens is 562 g/mol. The van der Waals surface area contributed by atoms with Crippen LogP contribution in [0.5, 0.6) is 17.2 Å². The number of likely N-dealkylation sites (tertiary alicyclic amines) is 1. The number of carbonyl (C=O) groups is 1. The van der Waals surface area contributed by atoms with Crippen molar-refractivity contribution >= 4 is 40.0 Å². The minimum atomic E-state index is -0.513. The molecule has 1 aliphatic rings. The summed E-state index contributed by atoms with van der Waals surface area (Å²) in [5, 5.41) is 18.6. The molecule has 1 saturated heterocycles. The number of methoxy groups -OCH3 is 1. The lowest BCUT2D eigenvalue weighted by Crippen LogP contribution is -2.29. The van der Waals surface area contributed by atoms with Gasteiger partial charge in [-0.25, -0.2) is 4.79 Å². The molecule has 216 valence electrons. The Labute approximate surface area is 246 Å². The van der Waals surface area contributed by atoms with E-state index in [2.05, 4.69) is 35.9 Å². The molecule has 5 aromatic rings. The van der Waals surface area contributed by atoms with Crippen LogP contribution in [0.3, 0.4) is 0 Å². The van der Waals surface area contributed by atoms with Crippen molar-refractivity contribution in [3.63, 3.8) is 0 Å². The van der Waals surface area contributed by atoms with Gasteiger partial charge in [-0.15, -0.1) is 10.2 Å². The number of rotatable bonds is 8. The molecule has 2 amide bonds. The monoisotopic (exact) mass is 589 g/mol. The number of hydrogen-bond acceptors (Lipinski definition) is 10. The van der Waals surface area contributed by atoms with Gasteiger partial charge in [-0.2, -0.15) is 0 Å². The Hall–Kier alpha value is -4.68. The second-order valence-electron chi connectivity index (χ2n) is 9.86. The molecule has 13 heteroatoms. The van der Waals surface area contributed by atoms with Crippen LogP contribution in [0, 0.1) is 6.92 Å². The van der Waals surface area contributed by atoms with Crippen molar-refractivity contribution in [1.29, 1.82) is 0 Å². The molecule has 0 saturated carbocycles. The highest BCUT2D eigenvalue weighted by molar-refractivity contribution is 6.34. The number of aryl methyl sites for hydroxylation is 1. The van der Waals surface area contributed by atoms with Crippen LogP contribution < -0.4 is 20.1 Å². The van der Waals surface area contributed by atoms with E-state index < -0.39 is 6.03 Å². The highest BCUT2D eigenvalue weighted by Gasteiger charge is 2.20. The van der Waals surface area contributed by atoms with Crippen LogP contribution in [0.25, 0.3) is 22.4 Å². The number of nitrogens with zero attached hydrogens (tertiary/aromatic N) is 5. The number of aromatic nitrogens is 4. The fraction of sp³-hybridized carbons (Fsp3) is 0.276. The molecule has 42 heavy (non-hydrogen) atoms. The van der Waals surface area contributed by atoms with E-state index in [0.717, 1.165) is 13.1 Å². The predicted octanol–water partition coefficient (Wildman–Crippen LogP) is 6.67. The lowest BCUT2D eigenvalue weighted by atomic mass is 10.1. The third kappa shape index (κ3) is 6.14. The first-order chi connectivity index (χ1) is 20.4. The number of carbonyl (C=O) groups excluding carboxylic acids is 1. The smallest absolute Gasteiger partial charge is 0.324 e. The number of piperidine rings is 1. The van der Waals surface area contributed by atoms with Crippen molar-refractivity contribution < 1.29 is 23.2 Å². The maximum atomic E-state index is 12.3. The number of pyridine rings is 1. The minimum absolute atomic E-state index is 0.284. The Kier molecular flexibility index (Phi) is 7.89. The quantitative estimate of drug-likeness (QED) is 0.202. The summed E-state index contributed by atoms with van der Waals surface area (Å²) in [6.45, 7) is 4.40. The summed E-state index contributed by atoms with van der Waals surface area (Å²) in [4.78, 5) is 19.1. The highest BCUT2D eigenvalue weighted by atomic mass is 35.5. The SMILES string of the molecule is COc1cc2nccc(Oc3ccc(NC(=O)Nc4cc(C)on4)c(Cl)c3)c2cc1-c1nnc(CN2CCCCC2)o1. The van der Waals surface area contributed by atoms with E-state index >= 15 is 0 Å². The van der Waals surface area contributed by atoms with Crippen LogP contribution in [-0.4, -0.2) is 51.5 Å². The van der Waals surface area contributed by atoms with Gasteiger partial charge in [-0.1, -0.05) is 23.2 Å². The molecule has 6 rings (SSSR count). The predicted molar refractivity (Wildman–Crippen MR) is 156 cm³/mol. The molecule has 4 heterocycles. The third-order valence-electron chi connectivity index (χ3n) is 6.81. The van der Waals surface area contributed by atoms with E-state index in [1.165, 1.54) is 19.3 Å². The van der Waals surface area contributed by atoms with E-state index in [0.29, 0.717) is 69.3 Å². The summed E-state index contributed by atoms with van der Waals surface area (Å²) in [6.07, 6.45) is 5.26. The maximum absolute atomic E-state index is 12.3. The number of amides is 2. The molecule has 0 unspecified atom stereocenters. The summed E-state index contributed by atoms with van der Waals surface area (Å²) in [5.41, 5.74) is 1.68. The Morgan fingerprint density at radius 1 is 1.05 bits per heavy atom. The average molecular weight is 590 g/mol. The molecule has 2 N–H and O–H groups in total. The van der Waals surface area contributed by atoms with Crippen molar-refractivity contribution in [3.8, 4) is 28.7 Å². The van der Waals surface area contributed by atoms with Gasteiger partial charge in [0, 0.05) is 29.8 Å². The number of fused-ring (bicyclic) bond motifs is 1. The highest BCUT2D eigenvalue weighted by Crippen LogP contribution is 2.38. The van der Waals surface area contributed by atoms with Gasteiger partial charge in [-0.3, -0.25) is 15.2 Å². The fourth-order valence-electron chi connectivity index (χ4n) is 4.79. The van der Waals surface area contributed by atoms with Gasteiger partial charge in [-0.05, 0) is 57.1 Å². The van der Waals surface area contributed by atoms with Crippen LogP contribution in [0.15, 0.2) is 57.6 Å². The van der Waals surface area contributed by atoms with E-state index in [1.54, 1.807) is 56.6 Å². The molecule has 0 atom stereocenters. The zero-order valence-corrected chi connectivity index (χ0v) is 23.8. The molecule has 1 fully saturated rings. The van der Waals surface area contributed by atoms with Crippen molar-refractivity contribution in [1.82, 2.24) is 25.2 Å². The molecule has 0 bridgehead atoms. The molecule has 0 aliphatic carbocycles. The number of halogens is 1. The summed E-state index contributed by atoms with van der Waals surface area (Å²) in [6, 6.07) is 11.5. The maximum Gasteiger partial charge on any atom is 0.324 e. The van der Waals surface area contributed by atoms with Crippen molar-refractivity contribution in [2.75, 3.05) is 30.8 Å².